The molecule has 0 saturated carbocycles. The molecule has 0 saturated heterocycles. The standard InChI is InChI=1S/C12H16N4S/c1-8-10(6-5-7-11(8)16(3)4)14-12-13-9(2)15-17-12/h5-7H,1-4H3,(H,13,14,15). The first-order chi connectivity index (χ1) is 8.08. The fraction of sp³-hybridized carbons (Fsp3) is 0.333. The zero-order valence-electron chi connectivity index (χ0n) is 10.5. The second kappa shape index (κ2) is 4.71. The molecule has 0 aliphatic carbocycles. The quantitative estimate of drug-likeness (QED) is 0.906. The highest BCUT2D eigenvalue weighted by atomic mass is 32.1. The van der Waals surface area contributed by atoms with Crippen LogP contribution in [-0.2, 0) is 0 Å². The molecule has 1 heterocycles. The maximum absolute atomic E-state index is 4.30. The van der Waals surface area contributed by atoms with Crippen LogP contribution in [0.1, 0.15) is 11.4 Å². The molecule has 2 rings (SSSR count). The Balaban J connectivity index is 2.30. The molecule has 4 nitrogen and oxygen atoms in total. The maximum atomic E-state index is 4.30. The van der Waals surface area contributed by atoms with Crippen LogP contribution in [0.4, 0.5) is 16.5 Å². The Morgan fingerprint density at radius 2 is 2.00 bits per heavy atom. The monoisotopic (exact) mass is 248 g/mol. The van der Waals surface area contributed by atoms with Gasteiger partial charge in [0, 0.05) is 37.0 Å². The molecule has 0 radical (unpaired) electrons. The third-order valence-corrected chi connectivity index (χ3v) is 3.28. The Hall–Kier alpha value is -1.62. The van der Waals surface area contributed by atoms with E-state index in [2.05, 4.69) is 38.6 Å². The molecule has 1 aromatic carbocycles. The second-order valence-corrected chi connectivity index (χ2v) is 4.87. The molecule has 1 N–H and O–H groups in total. The van der Waals surface area contributed by atoms with E-state index in [1.54, 1.807) is 0 Å². The van der Waals surface area contributed by atoms with Gasteiger partial charge < -0.3 is 10.2 Å². The molecule has 1 aromatic heterocycles. The summed E-state index contributed by atoms with van der Waals surface area (Å²) in [5.41, 5.74) is 3.49. The van der Waals surface area contributed by atoms with Crippen LogP contribution in [0.25, 0.3) is 0 Å². The van der Waals surface area contributed by atoms with Gasteiger partial charge in [-0.15, -0.1) is 0 Å². The van der Waals surface area contributed by atoms with Crippen molar-refractivity contribution in [2.45, 2.75) is 13.8 Å². The minimum absolute atomic E-state index is 0.805. The van der Waals surface area contributed by atoms with Crippen LogP contribution >= 0.6 is 11.5 Å². The highest BCUT2D eigenvalue weighted by Crippen LogP contribution is 2.28. The Morgan fingerprint density at radius 1 is 1.24 bits per heavy atom. The van der Waals surface area contributed by atoms with Gasteiger partial charge in [0.25, 0.3) is 0 Å². The van der Waals surface area contributed by atoms with Gasteiger partial charge in [0.2, 0.25) is 5.13 Å². The van der Waals surface area contributed by atoms with Crippen molar-refractivity contribution < 1.29 is 0 Å². The van der Waals surface area contributed by atoms with Gasteiger partial charge in [0.15, 0.2) is 0 Å². The van der Waals surface area contributed by atoms with E-state index >= 15 is 0 Å². The predicted molar refractivity (Wildman–Crippen MR) is 73.4 cm³/mol. The number of aryl methyl sites for hydroxylation is 1. The van der Waals surface area contributed by atoms with Gasteiger partial charge in [-0.3, -0.25) is 0 Å². The van der Waals surface area contributed by atoms with Crippen molar-refractivity contribution in [3.8, 4) is 0 Å². The largest absolute Gasteiger partial charge is 0.377 e. The van der Waals surface area contributed by atoms with E-state index < -0.39 is 0 Å². The molecular formula is C12H16N4S. The van der Waals surface area contributed by atoms with Crippen LogP contribution in [0.3, 0.4) is 0 Å². The number of benzene rings is 1. The zero-order valence-corrected chi connectivity index (χ0v) is 11.3. The van der Waals surface area contributed by atoms with Crippen molar-refractivity contribution in [3.63, 3.8) is 0 Å². The lowest BCUT2D eigenvalue weighted by Crippen LogP contribution is -2.10. The lowest BCUT2D eigenvalue weighted by molar-refractivity contribution is 1.11. The molecule has 17 heavy (non-hydrogen) atoms. The number of hydrogen-bond donors (Lipinski definition) is 1. The minimum Gasteiger partial charge on any atom is -0.377 e. The fourth-order valence-corrected chi connectivity index (χ4v) is 2.29. The van der Waals surface area contributed by atoms with E-state index in [0.29, 0.717) is 0 Å². The maximum Gasteiger partial charge on any atom is 0.207 e. The minimum atomic E-state index is 0.805. The molecule has 0 amide bonds. The Kier molecular flexibility index (Phi) is 3.28. The van der Waals surface area contributed by atoms with Crippen LogP contribution in [-0.4, -0.2) is 23.5 Å². The molecule has 0 bridgehead atoms. The molecule has 0 aliphatic rings. The van der Waals surface area contributed by atoms with Gasteiger partial charge in [-0.25, -0.2) is 4.98 Å². The van der Waals surface area contributed by atoms with Crippen molar-refractivity contribution >= 4 is 28.0 Å². The summed E-state index contributed by atoms with van der Waals surface area (Å²) >= 11 is 1.38. The molecule has 90 valence electrons. The number of hydrogen-bond acceptors (Lipinski definition) is 5. The number of aromatic nitrogens is 2. The summed E-state index contributed by atoms with van der Waals surface area (Å²) in [6, 6.07) is 6.20. The summed E-state index contributed by atoms with van der Waals surface area (Å²) < 4.78 is 4.16. The van der Waals surface area contributed by atoms with Crippen LogP contribution in [0, 0.1) is 13.8 Å². The first kappa shape index (κ1) is 11.9. The Labute approximate surface area is 105 Å². The number of anilines is 3. The number of nitrogens with zero attached hydrogens (tertiary/aromatic N) is 3. The van der Waals surface area contributed by atoms with Gasteiger partial charge in [-0.1, -0.05) is 6.07 Å². The average molecular weight is 248 g/mol. The molecule has 0 spiro atoms. The topological polar surface area (TPSA) is 41.1 Å². The number of nitrogens with one attached hydrogen (secondary N) is 1. The van der Waals surface area contributed by atoms with Crippen LogP contribution < -0.4 is 10.2 Å². The summed E-state index contributed by atoms with van der Waals surface area (Å²) in [7, 11) is 4.09. The lowest BCUT2D eigenvalue weighted by Gasteiger charge is -2.18. The Bertz CT molecular complexity index is 519. The van der Waals surface area contributed by atoms with Crippen LogP contribution in [0.5, 0.6) is 0 Å². The third kappa shape index (κ3) is 2.55. The first-order valence-corrected chi connectivity index (χ1v) is 6.19. The van der Waals surface area contributed by atoms with Gasteiger partial charge in [-0.2, -0.15) is 4.37 Å². The summed E-state index contributed by atoms with van der Waals surface area (Å²) in [5, 5.41) is 4.14. The number of rotatable bonds is 3. The molecule has 5 heteroatoms. The van der Waals surface area contributed by atoms with E-state index in [9.17, 15) is 0 Å². The van der Waals surface area contributed by atoms with E-state index in [1.165, 1.54) is 22.8 Å². The molecule has 0 fully saturated rings. The molecule has 2 aromatic rings. The van der Waals surface area contributed by atoms with Gasteiger partial charge in [0.05, 0.1) is 0 Å². The summed E-state index contributed by atoms with van der Waals surface area (Å²) in [5.74, 6) is 0.805. The van der Waals surface area contributed by atoms with E-state index in [4.69, 9.17) is 0 Å². The van der Waals surface area contributed by atoms with Gasteiger partial charge in [0.1, 0.15) is 5.82 Å². The SMILES string of the molecule is Cc1nsc(Nc2cccc(N(C)C)c2C)n1. The lowest BCUT2D eigenvalue weighted by atomic mass is 10.1. The van der Waals surface area contributed by atoms with E-state index in [1.807, 2.05) is 27.1 Å². The van der Waals surface area contributed by atoms with Crippen molar-refractivity contribution in [2.24, 2.45) is 0 Å². The van der Waals surface area contributed by atoms with Gasteiger partial charge >= 0.3 is 0 Å². The van der Waals surface area contributed by atoms with E-state index in [-0.39, 0.29) is 0 Å². The van der Waals surface area contributed by atoms with Crippen molar-refractivity contribution in [1.82, 2.24) is 9.36 Å². The Morgan fingerprint density at radius 3 is 2.59 bits per heavy atom. The fourth-order valence-electron chi connectivity index (χ4n) is 1.71. The summed E-state index contributed by atoms with van der Waals surface area (Å²) in [4.78, 5) is 6.41. The van der Waals surface area contributed by atoms with Crippen LogP contribution in [0.2, 0.25) is 0 Å². The zero-order chi connectivity index (χ0) is 12.4. The molecule has 0 unspecified atom stereocenters. The summed E-state index contributed by atoms with van der Waals surface area (Å²) in [6.45, 7) is 4.00. The predicted octanol–water partition coefficient (Wildman–Crippen LogP) is 2.96. The molecular weight excluding hydrogens is 232 g/mol. The average Bonchev–Trinajstić information content (AvgIpc) is 2.67. The van der Waals surface area contributed by atoms with Crippen LogP contribution in [0.15, 0.2) is 18.2 Å². The highest BCUT2D eigenvalue weighted by Gasteiger charge is 2.07. The smallest absolute Gasteiger partial charge is 0.207 e. The third-order valence-electron chi connectivity index (χ3n) is 2.56. The normalized spacial score (nSPS) is 10.4. The highest BCUT2D eigenvalue weighted by molar-refractivity contribution is 7.09. The van der Waals surface area contributed by atoms with Crippen molar-refractivity contribution in [2.75, 3.05) is 24.3 Å². The van der Waals surface area contributed by atoms with Gasteiger partial charge in [-0.05, 0) is 31.5 Å². The van der Waals surface area contributed by atoms with Crippen molar-refractivity contribution in [3.05, 3.63) is 29.6 Å². The van der Waals surface area contributed by atoms with Crippen molar-refractivity contribution in [1.29, 1.82) is 0 Å². The molecule has 0 aliphatic heterocycles. The molecule has 0 atom stereocenters. The summed E-state index contributed by atoms with van der Waals surface area (Å²) in [6.07, 6.45) is 0. The van der Waals surface area contributed by atoms with E-state index in [0.717, 1.165) is 16.6 Å². The second-order valence-electron chi connectivity index (χ2n) is 4.12. The first-order valence-electron chi connectivity index (χ1n) is 5.42.